The van der Waals surface area contributed by atoms with Crippen LogP contribution in [-0.2, 0) is 14.8 Å². The van der Waals surface area contributed by atoms with Crippen LogP contribution in [0.3, 0.4) is 0 Å². The molecule has 2 aromatic rings. The van der Waals surface area contributed by atoms with Crippen molar-refractivity contribution >= 4 is 27.5 Å². The van der Waals surface area contributed by atoms with E-state index in [-0.39, 0.29) is 28.7 Å². The van der Waals surface area contributed by atoms with Gasteiger partial charge in [0.1, 0.15) is 5.82 Å². The van der Waals surface area contributed by atoms with Crippen LogP contribution in [-0.4, -0.2) is 44.3 Å². The predicted octanol–water partition coefficient (Wildman–Crippen LogP) is 3.64. The van der Waals surface area contributed by atoms with Crippen molar-refractivity contribution in [2.24, 2.45) is 11.8 Å². The number of carbonyl (C=O) groups excluding carboxylic acids is 2. The first-order chi connectivity index (χ1) is 15.6. The Hall–Kier alpha value is -2.94. The molecule has 0 unspecified atom stereocenters. The zero-order valence-electron chi connectivity index (χ0n) is 19.0. The Kier molecular flexibility index (Phi) is 7.73. The molecule has 3 rings (SSSR count). The second-order valence-corrected chi connectivity index (χ2v) is 10.4. The molecule has 178 valence electrons. The summed E-state index contributed by atoms with van der Waals surface area (Å²) in [5.74, 6) is -0.373. The van der Waals surface area contributed by atoms with Gasteiger partial charge in [-0.15, -0.1) is 0 Å². The van der Waals surface area contributed by atoms with E-state index in [1.54, 1.807) is 17.0 Å². The molecule has 0 saturated carbocycles. The van der Waals surface area contributed by atoms with E-state index in [1.165, 1.54) is 24.3 Å². The highest BCUT2D eigenvalue weighted by Crippen LogP contribution is 2.22. The van der Waals surface area contributed by atoms with Gasteiger partial charge in [-0.2, -0.15) is 0 Å². The summed E-state index contributed by atoms with van der Waals surface area (Å²) in [7, 11) is -3.86. The smallest absolute Gasteiger partial charge is 0.261 e. The summed E-state index contributed by atoms with van der Waals surface area (Å²) in [4.78, 5) is 26.9. The third kappa shape index (κ3) is 6.31. The van der Waals surface area contributed by atoms with Gasteiger partial charge in [-0.1, -0.05) is 13.8 Å². The topological polar surface area (TPSA) is 95.6 Å². The number of amides is 2. The lowest BCUT2D eigenvalue weighted by Gasteiger charge is -2.32. The van der Waals surface area contributed by atoms with Gasteiger partial charge in [-0.05, 0) is 74.2 Å². The molecular formula is C24H30FN3O4S. The zero-order chi connectivity index (χ0) is 24.2. The van der Waals surface area contributed by atoms with Crippen LogP contribution < -0.4 is 10.0 Å². The molecule has 1 saturated heterocycles. The van der Waals surface area contributed by atoms with E-state index in [0.717, 1.165) is 12.1 Å². The fourth-order valence-electron chi connectivity index (χ4n) is 3.54. The molecule has 9 heteroatoms. The fourth-order valence-corrected chi connectivity index (χ4v) is 4.60. The zero-order valence-corrected chi connectivity index (χ0v) is 19.9. The Bertz CT molecular complexity index is 1080. The number of likely N-dealkylation sites (tertiary alicyclic amines) is 1. The highest BCUT2D eigenvalue weighted by molar-refractivity contribution is 7.92. The Morgan fingerprint density at radius 3 is 2.09 bits per heavy atom. The Balaban J connectivity index is 1.56. The van der Waals surface area contributed by atoms with E-state index < -0.39 is 15.8 Å². The number of carbonyl (C=O) groups is 2. The van der Waals surface area contributed by atoms with Crippen LogP contribution in [0.15, 0.2) is 53.4 Å². The molecule has 0 spiro atoms. The molecule has 1 aliphatic rings. The SMILES string of the molecule is CC(C)[C@H](C)NC(=O)C1CCN(C(=O)c2ccc(NS(=O)(=O)c3ccc(F)cc3)cc2)CC1. The summed E-state index contributed by atoms with van der Waals surface area (Å²) in [5.41, 5.74) is 0.738. The number of hydrogen-bond acceptors (Lipinski definition) is 4. The van der Waals surface area contributed by atoms with Crippen molar-refractivity contribution in [3.63, 3.8) is 0 Å². The maximum absolute atomic E-state index is 13.0. The number of nitrogens with one attached hydrogen (secondary N) is 2. The van der Waals surface area contributed by atoms with E-state index in [2.05, 4.69) is 23.9 Å². The first-order valence-corrected chi connectivity index (χ1v) is 12.5. The fraction of sp³-hybridized carbons (Fsp3) is 0.417. The lowest BCUT2D eigenvalue weighted by Crippen LogP contribution is -2.45. The number of hydrogen-bond donors (Lipinski definition) is 2. The van der Waals surface area contributed by atoms with Crippen LogP contribution >= 0.6 is 0 Å². The van der Waals surface area contributed by atoms with E-state index in [9.17, 15) is 22.4 Å². The van der Waals surface area contributed by atoms with Gasteiger partial charge in [0.05, 0.1) is 4.90 Å². The van der Waals surface area contributed by atoms with Gasteiger partial charge in [0.25, 0.3) is 15.9 Å². The van der Waals surface area contributed by atoms with Crippen molar-refractivity contribution in [2.45, 2.75) is 44.6 Å². The van der Waals surface area contributed by atoms with Crippen molar-refractivity contribution in [3.05, 3.63) is 59.9 Å². The van der Waals surface area contributed by atoms with E-state index >= 15 is 0 Å². The van der Waals surface area contributed by atoms with Crippen LogP contribution in [0.4, 0.5) is 10.1 Å². The first kappa shape index (κ1) is 24.7. The third-order valence-corrected chi connectivity index (χ3v) is 7.43. The summed E-state index contributed by atoms with van der Waals surface area (Å²) in [6.45, 7) is 7.10. The van der Waals surface area contributed by atoms with Gasteiger partial charge < -0.3 is 10.2 Å². The maximum Gasteiger partial charge on any atom is 0.261 e. The molecule has 1 atom stereocenters. The molecule has 1 fully saturated rings. The van der Waals surface area contributed by atoms with Crippen molar-refractivity contribution in [1.29, 1.82) is 0 Å². The molecule has 2 N–H and O–H groups in total. The van der Waals surface area contributed by atoms with Crippen molar-refractivity contribution in [1.82, 2.24) is 10.2 Å². The molecule has 0 bridgehead atoms. The monoisotopic (exact) mass is 475 g/mol. The van der Waals surface area contributed by atoms with Crippen molar-refractivity contribution < 1.29 is 22.4 Å². The van der Waals surface area contributed by atoms with Crippen LogP contribution in [0.25, 0.3) is 0 Å². The van der Waals surface area contributed by atoms with Crippen molar-refractivity contribution in [2.75, 3.05) is 17.8 Å². The number of anilines is 1. The molecule has 1 heterocycles. The average Bonchev–Trinajstić information content (AvgIpc) is 2.79. The standard InChI is InChI=1S/C24H30FN3O4S/c1-16(2)17(3)26-23(29)18-12-14-28(15-13-18)24(30)19-4-8-21(9-5-19)27-33(31,32)22-10-6-20(25)7-11-22/h4-11,16-18,27H,12-15H2,1-3H3,(H,26,29)/t17-/m0/s1. The summed E-state index contributed by atoms with van der Waals surface area (Å²) in [6.07, 6.45) is 1.22. The molecule has 0 radical (unpaired) electrons. The summed E-state index contributed by atoms with van der Waals surface area (Å²) in [6, 6.07) is 10.8. The number of halogens is 1. The number of rotatable bonds is 7. The number of nitrogens with zero attached hydrogens (tertiary/aromatic N) is 1. The lowest BCUT2D eigenvalue weighted by atomic mass is 9.94. The molecule has 1 aliphatic heterocycles. The normalized spacial score (nSPS) is 15.8. The van der Waals surface area contributed by atoms with Gasteiger partial charge in [0, 0.05) is 36.3 Å². The second-order valence-electron chi connectivity index (χ2n) is 8.74. The van der Waals surface area contributed by atoms with Gasteiger partial charge in [0.2, 0.25) is 5.91 Å². The Morgan fingerprint density at radius 2 is 1.55 bits per heavy atom. The van der Waals surface area contributed by atoms with Crippen LogP contribution in [0.5, 0.6) is 0 Å². The Labute approximate surface area is 194 Å². The maximum atomic E-state index is 13.0. The molecule has 7 nitrogen and oxygen atoms in total. The average molecular weight is 476 g/mol. The summed E-state index contributed by atoms with van der Waals surface area (Å²) >= 11 is 0. The first-order valence-electron chi connectivity index (χ1n) is 11.0. The van der Waals surface area contributed by atoms with Crippen LogP contribution in [0.1, 0.15) is 44.0 Å². The molecule has 2 aromatic carbocycles. The summed E-state index contributed by atoms with van der Waals surface area (Å²) in [5, 5.41) is 3.05. The van der Waals surface area contributed by atoms with Gasteiger partial charge >= 0.3 is 0 Å². The second kappa shape index (κ2) is 10.3. The van der Waals surface area contributed by atoms with Crippen molar-refractivity contribution in [3.8, 4) is 0 Å². The minimum atomic E-state index is -3.86. The van der Waals surface area contributed by atoms with E-state index in [1.807, 2.05) is 6.92 Å². The number of piperidine rings is 1. The van der Waals surface area contributed by atoms with E-state index in [0.29, 0.717) is 43.1 Å². The largest absolute Gasteiger partial charge is 0.353 e. The van der Waals surface area contributed by atoms with Crippen LogP contribution in [0.2, 0.25) is 0 Å². The minimum absolute atomic E-state index is 0.0427. The van der Waals surface area contributed by atoms with Gasteiger partial charge in [-0.25, -0.2) is 12.8 Å². The van der Waals surface area contributed by atoms with Crippen LogP contribution in [0, 0.1) is 17.7 Å². The third-order valence-electron chi connectivity index (χ3n) is 6.03. The lowest BCUT2D eigenvalue weighted by molar-refractivity contribution is -0.127. The quantitative estimate of drug-likeness (QED) is 0.639. The molecule has 0 aromatic heterocycles. The Morgan fingerprint density at radius 1 is 0.970 bits per heavy atom. The highest BCUT2D eigenvalue weighted by atomic mass is 32.2. The van der Waals surface area contributed by atoms with Gasteiger partial charge in [0.15, 0.2) is 0 Å². The molecule has 33 heavy (non-hydrogen) atoms. The number of benzene rings is 2. The predicted molar refractivity (Wildman–Crippen MR) is 125 cm³/mol. The van der Waals surface area contributed by atoms with Gasteiger partial charge in [-0.3, -0.25) is 14.3 Å². The summed E-state index contributed by atoms with van der Waals surface area (Å²) < 4.78 is 40.3. The number of sulfonamides is 1. The highest BCUT2D eigenvalue weighted by Gasteiger charge is 2.28. The molecular weight excluding hydrogens is 445 g/mol. The molecule has 0 aliphatic carbocycles. The molecule has 2 amide bonds. The van der Waals surface area contributed by atoms with E-state index in [4.69, 9.17) is 0 Å². The minimum Gasteiger partial charge on any atom is -0.353 e.